The van der Waals surface area contributed by atoms with Gasteiger partial charge in [-0.2, -0.15) is 13.2 Å². The molecule has 0 aromatic heterocycles. The fraction of sp³-hybridized carbons (Fsp3) is 0.350. The standard InChI is InChI=1S/C20H19F4NO2/c21-14-10-8-13(9-11-14)18(25-12-4-3-7-17(25)19(26)27)15-5-1-2-6-16(15)20(22,23)24/h1-2,5-6,8-11,17-18H,3-4,7,12H2,(H,26,27). The third kappa shape index (κ3) is 4.13. The first-order chi connectivity index (χ1) is 12.8. The van der Waals surface area contributed by atoms with Gasteiger partial charge < -0.3 is 5.11 Å². The van der Waals surface area contributed by atoms with Crippen molar-refractivity contribution in [2.75, 3.05) is 6.54 Å². The van der Waals surface area contributed by atoms with Crippen LogP contribution in [0, 0.1) is 5.82 Å². The summed E-state index contributed by atoms with van der Waals surface area (Å²) < 4.78 is 54.2. The Bertz CT molecular complexity index is 804. The minimum Gasteiger partial charge on any atom is -0.480 e. The molecule has 1 fully saturated rings. The normalized spacial score (nSPS) is 19.6. The van der Waals surface area contributed by atoms with Crippen LogP contribution in [0.5, 0.6) is 0 Å². The number of halogens is 4. The van der Waals surface area contributed by atoms with Gasteiger partial charge in [0.2, 0.25) is 0 Å². The Balaban J connectivity index is 2.17. The van der Waals surface area contributed by atoms with Crippen LogP contribution >= 0.6 is 0 Å². The van der Waals surface area contributed by atoms with Crippen molar-refractivity contribution in [2.45, 2.75) is 37.5 Å². The second kappa shape index (κ2) is 7.68. The zero-order valence-electron chi connectivity index (χ0n) is 14.4. The number of benzene rings is 2. The quantitative estimate of drug-likeness (QED) is 0.768. The van der Waals surface area contributed by atoms with E-state index in [1.54, 1.807) is 4.90 Å². The molecule has 0 saturated carbocycles. The van der Waals surface area contributed by atoms with Gasteiger partial charge in [0.15, 0.2) is 0 Å². The van der Waals surface area contributed by atoms with E-state index in [9.17, 15) is 27.5 Å². The maximum Gasteiger partial charge on any atom is 0.416 e. The smallest absolute Gasteiger partial charge is 0.416 e. The topological polar surface area (TPSA) is 40.5 Å². The number of rotatable bonds is 4. The highest BCUT2D eigenvalue weighted by Gasteiger charge is 2.40. The van der Waals surface area contributed by atoms with Crippen molar-refractivity contribution in [1.82, 2.24) is 4.90 Å². The summed E-state index contributed by atoms with van der Waals surface area (Å²) in [7, 11) is 0. The SMILES string of the molecule is O=C(O)C1CCCCN1C(c1ccc(F)cc1)c1ccccc1C(F)(F)F. The molecule has 3 rings (SSSR count). The number of likely N-dealkylation sites (tertiary alicyclic amines) is 1. The van der Waals surface area contributed by atoms with Gasteiger partial charge in [-0.1, -0.05) is 36.8 Å². The van der Waals surface area contributed by atoms with Crippen LogP contribution in [0.3, 0.4) is 0 Å². The molecule has 144 valence electrons. The van der Waals surface area contributed by atoms with Crippen LogP contribution in [-0.4, -0.2) is 28.6 Å². The summed E-state index contributed by atoms with van der Waals surface area (Å²) in [4.78, 5) is 13.3. The molecule has 2 aromatic carbocycles. The van der Waals surface area contributed by atoms with Crippen LogP contribution in [0.1, 0.15) is 42.0 Å². The van der Waals surface area contributed by atoms with E-state index < -0.39 is 35.6 Å². The number of aliphatic carboxylic acids is 1. The number of nitrogens with zero attached hydrogens (tertiary/aromatic N) is 1. The van der Waals surface area contributed by atoms with Crippen LogP contribution in [0.4, 0.5) is 17.6 Å². The largest absolute Gasteiger partial charge is 0.480 e. The summed E-state index contributed by atoms with van der Waals surface area (Å²) in [6, 6.07) is 8.54. The summed E-state index contributed by atoms with van der Waals surface area (Å²) in [6.45, 7) is 0.352. The molecule has 1 saturated heterocycles. The van der Waals surface area contributed by atoms with Crippen molar-refractivity contribution < 1.29 is 27.5 Å². The van der Waals surface area contributed by atoms with Crippen molar-refractivity contribution in [3.8, 4) is 0 Å². The molecule has 2 atom stereocenters. The molecular formula is C20H19F4NO2. The highest BCUT2D eigenvalue weighted by Crippen LogP contribution is 2.41. The zero-order chi connectivity index (χ0) is 19.6. The molecule has 0 spiro atoms. The van der Waals surface area contributed by atoms with Crippen LogP contribution < -0.4 is 0 Å². The van der Waals surface area contributed by atoms with E-state index in [1.807, 2.05) is 0 Å². The van der Waals surface area contributed by atoms with E-state index in [-0.39, 0.29) is 5.56 Å². The average molecular weight is 381 g/mol. The van der Waals surface area contributed by atoms with E-state index in [0.717, 1.165) is 6.07 Å². The van der Waals surface area contributed by atoms with Gasteiger partial charge in [0, 0.05) is 0 Å². The number of alkyl halides is 3. The van der Waals surface area contributed by atoms with Crippen molar-refractivity contribution in [3.05, 3.63) is 71.0 Å². The fourth-order valence-electron chi connectivity index (χ4n) is 3.72. The molecule has 0 amide bonds. The molecule has 2 unspecified atom stereocenters. The van der Waals surface area contributed by atoms with Gasteiger partial charge >= 0.3 is 12.1 Å². The lowest BCUT2D eigenvalue weighted by Crippen LogP contribution is -2.47. The Hall–Kier alpha value is -2.41. The second-order valence-electron chi connectivity index (χ2n) is 6.63. The zero-order valence-corrected chi connectivity index (χ0v) is 14.4. The van der Waals surface area contributed by atoms with Crippen LogP contribution in [-0.2, 0) is 11.0 Å². The average Bonchev–Trinajstić information content (AvgIpc) is 2.63. The lowest BCUT2D eigenvalue weighted by atomic mass is 9.89. The van der Waals surface area contributed by atoms with Gasteiger partial charge in [-0.3, -0.25) is 9.69 Å². The van der Waals surface area contributed by atoms with Crippen molar-refractivity contribution in [1.29, 1.82) is 0 Å². The number of carbonyl (C=O) groups is 1. The van der Waals surface area contributed by atoms with Gasteiger partial charge in [0.25, 0.3) is 0 Å². The van der Waals surface area contributed by atoms with Crippen LogP contribution in [0.2, 0.25) is 0 Å². The summed E-state index contributed by atoms with van der Waals surface area (Å²) in [5.74, 6) is -1.57. The number of hydrogen-bond acceptors (Lipinski definition) is 2. The molecule has 2 aromatic rings. The van der Waals surface area contributed by atoms with Gasteiger partial charge in [-0.25, -0.2) is 4.39 Å². The summed E-state index contributed by atoms with van der Waals surface area (Å²) >= 11 is 0. The first kappa shape index (κ1) is 19.4. The highest BCUT2D eigenvalue weighted by atomic mass is 19.4. The maximum absolute atomic E-state index is 13.6. The highest BCUT2D eigenvalue weighted by molar-refractivity contribution is 5.73. The third-order valence-corrected chi connectivity index (χ3v) is 4.91. The van der Waals surface area contributed by atoms with Gasteiger partial charge in [0.05, 0.1) is 11.6 Å². The Morgan fingerprint density at radius 3 is 2.37 bits per heavy atom. The summed E-state index contributed by atoms with van der Waals surface area (Å²) in [5, 5.41) is 9.60. The van der Waals surface area contributed by atoms with E-state index in [2.05, 4.69) is 0 Å². The molecule has 1 aliphatic rings. The molecular weight excluding hydrogens is 362 g/mol. The number of carboxylic acid groups (broad SMARTS) is 1. The van der Waals surface area contributed by atoms with E-state index in [0.29, 0.717) is 31.4 Å². The van der Waals surface area contributed by atoms with E-state index in [4.69, 9.17) is 0 Å². The molecule has 0 aliphatic carbocycles. The van der Waals surface area contributed by atoms with Crippen LogP contribution in [0.25, 0.3) is 0 Å². The van der Waals surface area contributed by atoms with Crippen molar-refractivity contribution in [3.63, 3.8) is 0 Å². The van der Waals surface area contributed by atoms with E-state index >= 15 is 0 Å². The Kier molecular flexibility index (Phi) is 5.51. The molecule has 27 heavy (non-hydrogen) atoms. The number of piperidine rings is 1. The molecule has 1 heterocycles. The Morgan fingerprint density at radius 1 is 1.07 bits per heavy atom. The lowest BCUT2D eigenvalue weighted by molar-refractivity contribution is -0.145. The Labute approximate surface area is 154 Å². The lowest BCUT2D eigenvalue weighted by Gasteiger charge is -2.40. The predicted molar refractivity (Wildman–Crippen MR) is 91.7 cm³/mol. The molecule has 1 aliphatic heterocycles. The monoisotopic (exact) mass is 381 g/mol. The maximum atomic E-state index is 13.6. The fourth-order valence-corrected chi connectivity index (χ4v) is 3.72. The van der Waals surface area contributed by atoms with Gasteiger partial charge in [0.1, 0.15) is 11.9 Å². The van der Waals surface area contributed by atoms with Crippen molar-refractivity contribution >= 4 is 5.97 Å². The molecule has 1 N–H and O–H groups in total. The molecule has 0 bridgehead atoms. The minimum absolute atomic E-state index is 0.0234. The van der Waals surface area contributed by atoms with Crippen LogP contribution in [0.15, 0.2) is 48.5 Å². The Morgan fingerprint density at radius 2 is 1.74 bits per heavy atom. The van der Waals surface area contributed by atoms with Crippen molar-refractivity contribution in [2.24, 2.45) is 0 Å². The molecule has 7 heteroatoms. The van der Waals surface area contributed by atoms with Gasteiger partial charge in [-0.05, 0) is 48.7 Å². The second-order valence-corrected chi connectivity index (χ2v) is 6.63. The molecule has 0 radical (unpaired) electrons. The number of carboxylic acids is 1. The minimum atomic E-state index is -4.58. The number of hydrogen-bond donors (Lipinski definition) is 1. The van der Waals surface area contributed by atoms with E-state index in [1.165, 1.54) is 42.5 Å². The summed E-state index contributed by atoms with van der Waals surface area (Å²) in [5.41, 5.74) is -0.403. The predicted octanol–water partition coefficient (Wildman–Crippen LogP) is 4.87. The third-order valence-electron chi connectivity index (χ3n) is 4.91. The first-order valence-corrected chi connectivity index (χ1v) is 8.69. The summed E-state index contributed by atoms with van der Waals surface area (Å²) in [6.07, 6.45) is -2.83. The molecule has 3 nitrogen and oxygen atoms in total. The van der Waals surface area contributed by atoms with Gasteiger partial charge in [-0.15, -0.1) is 0 Å². The first-order valence-electron chi connectivity index (χ1n) is 8.69.